The number of nitrogens with one attached hydrogen (secondary N) is 2. The van der Waals surface area contributed by atoms with Gasteiger partial charge in [0, 0.05) is 13.0 Å². The number of rotatable bonds is 12. The zero-order valence-electron chi connectivity index (χ0n) is 16.3. The lowest BCUT2D eigenvalue weighted by Crippen LogP contribution is -2.55. The molecule has 164 valence electrons. The summed E-state index contributed by atoms with van der Waals surface area (Å²) in [6.07, 6.45) is 2.38. The molecule has 3 atom stereocenters. The van der Waals surface area contributed by atoms with Crippen LogP contribution in [0.5, 0.6) is 0 Å². The first kappa shape index (κ1) is 24.7. The summed E-state index contributed by atoms with van der Waals surface area (Å²) in [5.41, 5.74) is 5.36. The number of carbonyl (C=O) groups is 5. The van der Waals surface area contributed by atoms with Crippen LogP contribution in [0.4, 0.5) is 0 Å². The summed E-state index contributed by atoms with van der Waals surface area (Å²) in [6, 6.07) is -3.18. The molecule has 11 nitrogen and oxygen atoms in total. The Hall–Kier alpha value is -2.34. The van der Waals surface area contributed by atoms with E-state index in [0.717, 1.165) is 0 Å². The monoisotopic (exact) mass is 432 g/mol. The van der Waals surface area contributed by atoms with Gasteiger partial charge in [-0.1, -0.05) is 0 Å². The van der Waals surface area contributed by atoms with Crippen molar-refractivity contribution in [2.75, 3.05) is 25.1 Å². The molecule has 12 heteroatoms. The fourth-order valence-electron chi connectivity index (χ4n) is 3.02. The summed E-state index contributed by atoms with van der Waals surface area (Å²) >= 11 is 1.42. The van der Waals surface area contributed by atoms with Crippen molar-refractivity contribution >= 4 is 41.4 Å². The molecule has 1 aliphatic rings. The molecule has 0 spiro atoms. The number of amides is 3. The lowest BCUT2D eigenvalue weighted by molar-refractivity contribution is -0.143. The van der Waals surface area contributed by atoms with Crippen molar-refractivity contribution in [1.82, 2.24) is 15.5 Å². The molecule has 0 saturated carbocycles. The normalized spacial score (nSPS) is 18.0. The standard InChI is InChI=1S/C17H28N4O7S/c1-29-8-6-11(17(27)28)20-15(25)10(4-5-14(23)24)19-16(26)12-3-2-7-21(12)13(22)9-18/h10-12H,2-9,18H2,1H3,(H,19,26)(H,20,25)(H,23,24)(H,27,28). The van der Waals surface area contributed by atoms with Gasteiger partial charge in [0.2, 0.25) is 17.7 Å². The van der Waals surface area contributed by atoms with Crippen molar-refractivity contribution in [3.05, 3.63) is 0 Å². The van der Waals surface area contributed by atoms with E-state index in [2.05, 4.69) is 10.6 Å². The van der Waals surface area contributed by atoms with Crippen LogP contribution in [-0.2, 0) is 24.0 Å². The van der Waals surface area contributed by atoms with Gasteiger partial charge < -0.3 is 31.5 Å². The lowest BCUT2D eigenvalue weighted by Gasteiger charge is -2.26. The highest BCUT2D eigenvalue weighted by Crippen LogP contribution is 2.18. The molecule has 0 aromatic heterocycles. The Bertz CT molecular complexity index is 631. The zero-order valence-corrected chi connectivity index (χ0v) is 17.1. The van der Waals surface area contributed by atoms with Crippen LogP contribution in [-0.4, -0.2) is 88.0 Å². The Morgan fingerprint density at radius 2 is 1.83 bits per heavy atom. The van der Waals surface area contributed by atoms with E-state index in [-0.39, 0.29) is 19.4 Å². The average Bonchev–Trinajstić information content (AvgIpc) is 3.16. The number of carboxylic acids is 2. The number of aliphatic carboxylic acids is 2. The number of hydrogen-bond donors (Lipinski definition) is 5. The maximum Gasteiger partial charge on any atom is 0.326 e. The van der Waals surface area contributed by atoms with E-state index >= 15 is 0 Å². The first-order chi connectivity index (χ1) is 13.7. The molecule has 29 heavy (non-hydrogen) atoms. The van der Waals surface area contributed by atoms with Gasteiger partial charge in [0.05, 0.1) is 6.54 Å². The second-order valence-electron chi connectivity index (χ2n) is 6.62. The molecule has 1 heterocycles. The van der Waals surface area contributed by atoms with Gasteiger partial charge in [-0.25, -0.2) is 4.79 Å². The van der Waals surface area contributed by atoms with E-state index < -0.39 is 54.2 Å². The number of carboxylic acid groups (broad SMARTS) is 2. The highest BCUT2D eigenvalue weighted by atomic mass is 32.2. The third-order valence-electron chi connectivity index (χ3n) is 4.56. The molecule has 1 rings (SSSR count). The lowest BCUT2D eigenvalue weighted by atomic mass is 10.1. The number of carbonyl (C=O) groups excluding carboxylic acids is 3. The van der Waals surface area contributed by atoms with Gasteiger partial charge in [-0.15, -0.1) is 0 Å². The van der Waals surface area contributed by atoms with E-state index in [1.807, 2.05) is 0 Å². The minimum atomic E-state index is -1.23. The molecule has 6 N–H and O–H groups in total. The van der Waals surface area contributed by atoms with Crippen LogP contribution < -0.4 is 16.4 Å². The number of likely N-dealkylation sites (tertiary alicyclic amines) is 1. The summed E-state index contributed by atoms with van der Waals surface area (Å²) in [5, 5.41) is 23.0. The molecule has 0 aliphatic carbocycles. The van der Waals surface area contributed by atoms with Gasteiger partial charge >= 0.3 is 11.9 Å². The number of thioether (sulfide) groups is 1. The van der Waals surface area contributed by atoms with Crippen molar-refractivity contribution in [3.63, 3.8) is 0 Å². The van der Waals surface area contributed by atoms with Crippen LogP contribution in [0, 0.1) is 0 Å². The minimum Gasteiger partial charge on any atom is -0.481 e. The zero-order chi connectivity index (χ0) is 22.0. The largest absolute Gasteiger partial charge is 0.481 e. The molecule has 0 bridgehead atoms. The van der Waals surface area contributed by atoms with Gasteiger partial charge in [-0.3, -0.25) is 19.2 Å². The van der Waals surface area contributed by atoms with Gasteiger partial charge in [0.15, 0.2) is 0 Å². The number of nitrogens with two attached hydrogens (primary N) is 1. The molecule has 0 aromatic carbocycles. The Balaban J connectivity index is 2.86. The molecule has 1 saturated heterocycles. The minimum absolute atomic E-state index is 0.184. The predicted molar refractivity (Wildman–Crippen MR) is 105 cm³/mol. The molecular weight excluding hydrogens is 404 g/mol. The first-order valence-electron chi connectivity index (χ1n) is 9.25. The van der Waals surface area contributed by atoms with Gasteiger partial charge in [-0.2, -0.15) is 11.8 Å². The quantitative estimate of drug-likeness (QED) is 0.248. The van der Waals surface area contributed by atoms with E-state index in [4.69, 9.17) is 10.8 Å². The SMILES string of the molecule is CSCCC(NC(=O)C(CCC(=O)O)NC(=O)C1CCCN1C(=O)CN)C(=O)O. The van der Waals surface area contributed by atoms with Crippen molar-refractivity contribution in [2.45, 2.75) is 50.2 Å². The summed E-state index contributed by atoms with van der Waals surface area (Å²) in [4.78, 5) is 60.7. The Kier molecular flexibility index (Phi) is 10.5. The van der Waals surface area contributed by atoms with Crippen molar-refractivity contribution in [3.8, 4) is 0 Å². The molecule has 3 amide bonds. The van der Waals surface area contributed by atoms with E-state index in [9.17, 15) is 29.1 Å². The third kappa shape index (κ3) is 7.89. The molecular formula is C17H28N4O7S. The molecule has 0 radical (unpaired) electrons. The van der Waals surface area contributed by atoms with Gasteiger partial charge in [0.25, 0.3) is 0 Å². The second kappa shape index (κ2) is 12.3. The van der Waals surface area contributed by atoms with Gasteiger partial charge in [-0.05, 0) is 37.7 Å². The van der Waals surface area contributed by atoms with Crippen LogP contribution in [0.1, 0.15) is 32.1 Å². The Morgan fingerprint density at radius 3 is 2.38 bits per heavy atom. The molecule has 3 unspecified atom stereocenters. The van der Waals surface area contributed by atoms with Gasteiger partial charge in [0.1, 0.15) is 18.1 Å². The fourth-order valence-corrected chi connectivity index (χ4v) is 3.50. The maximum absolute atomic E-state index is 12.6. The molecule has 1 fully saturated rings. The van der Waals surface area contributed by atoms with E-state index in [1.165, 1.54) is 16.7 Å². The van der Waals surface area contributed by atoms with Crippen molar-refractivity contribution in [2.24, 2.45) is 5.73 Å². The Labute approximate surface area is 172 Å². The highest BCUT2D eigenvalue weighted by molar-refractivity contribution is 7.98. The predicted octanol–water partition coefficient (Wildman–Crippen LogP) is -1.39. The van der Waals surface area contributed by atoms with Crippen molar-refractivity contribution in [1.29, 1.82) is 0 Å². The Morgan fingerprint density at radius 1 is 1.14 bits per heavy atom. The summed E-state index contributed by atoms with van der Waals surface area (Å²) in [7, 11) is 0. The summed E-state index contributed by atoms with van der Waals surface area (Å²) < 4.78 is 0. The third-order valence-corrected chi connectivity index (χ3v) is 5.20. The van der Waals surface area contributed by atoms with Crippen molar-refractivity contribution < 1.29 is 34.2 Å². The fraction of sp³-hybridized carbons (Fsp3) is 0.706. The smallest absolute Gasteiger partial charge is 0.326 e. The second-order valence-corrected chi connectivity index (χ2v) is 7.61. The van der Waals surface area contributed by atoms with Crippen LogP contribution in [0.2, 0.25) is 0 Å². The number of nitrogens with zero attached hydrogens (tertiary/aromatic N) is 1. The van der Waals surface area contributed by atoms with E-state index in [0.29, 0.717) is 25.1 Å². The summed E-state index contributed by atoms with van der Waals surface area (Å²) in [5.74, 6) is -3.63. The average molecular weight is 432 g/mol. The first-order valence-corrected chi connectivity index (χ1v) is 10.6. The van der Waals surface area contributed by atoms with Crippen LogP contribution in [0.15, 0.2) is 0 Å². The summed E-state index contributed by atoms with van der Waals surface area (Å²) in [6.45, 7) is 0.123. The van der Waals surface area contributed by atoms with E-state index in [1.54, 1.807) is 6.26 Å². The van der Waals surface area contributed by atoms with Crippen LogP contribution in [0.25, 0.3) is 0 Å². The van der Waals surface area contributed by atoms with Crippen LogP contribution >= 0.6 is 11.8 Å². The maximum atomic E-state index is 12.6. The molecule has 0 aromatic rings. The highest BCUT2D eigenvalue weighted by Gasteiger charge is 2.36. The topological polar surface area (TPSA) is 179 Å². The molecule has 1 aliphatic heterocycles. The van der Waals surface area contributed by atoms with Crippen LogP contribution in [0.3, 0.4) is 0 Å². The number of hydrogen-bond acceptors (Lipinski definition) is 7.